The minimum Gasteiger partial charge on any atom is -0.495 e. The van der Waals surface area contributed by atoms with Gasteiger partial charge in [-0.1, -0.05) is 11.6 Å². The van der Waals surface area contributed by atoms with E-state index >= 15 is 0 Å². The lowest BCUT2D eigenvalue weighted by Crippen LogP contribution is -2.26. The van der Waals surface area contributed by atoms with Crippen molar-refractivity contribution in [3.05, 3.63) is 29.0 Å². The Bertz CT molecular complexity index is 863. The van der Waals surface area contributed by atoms with Gasteiger partial charge in [-0.25, -0.2) is 13.1 Å². The number of hydrogen-bond acceptors (Lipinski definition) is 8. The van der Waals surface area contributed by atoms with Crippen molar-refractivity contribution in [2.45, 2.75) is 11.4 Å². The molecule has 2 aromatic rings. The first kappa shape index (κ1) is 20.1. The molecule has 0 aliphatic carbocycles. The molecule has 1 aromatic carbocycles. The predicted octanol–water partition coefficient (Wildman–Crippen LogP) is 1.14. The normalized spacial score (nSPS) is 11.3. The van der Waals surface area contributed by atoms with E-state index in [1.54, 1.807) is 38.0 Å². The van der Waals surface area contributed by atoms with E-state index in [9.17, 15) is 8.42 Å². The van der Waals surface area contributed by atoms with E-state index in [1.165, 1.54) is 25.3 Å². The van der Waals surface area contributed by atoms with Crippen molar-refractivity contribution in [2.24, 2.45) is 0 Å². The van der Waals surface area contributed by atoms with E-state index in [4.69, 9.17) is 16.3 Å². The molecule has 0 spiro atoms. The molecule has 0 saturated carbocycles. The Hall–Kier alpha value is -2.17. The zero-order valence-corrected chi connectivity index (χ0v) is 16.8. The number of rotatable bonds is 7. The molecular formula is C15H21ClN6O3S. The third-order valence-corrected chi connectivity index (χ3v) is 5.01. The van der Waals surface area contributed by atoms with E-state index in [0.717, 1.165) is 0 Å². The maximum absolute atomic E-state index is 12.5. The van der Waals surface area contributed by atoms with E-state index in [0.29, 0.717) is 23.5 Å². The van der Waals surface area contributed by atoms with Crippen LogP contribution in [0.2, 0.25) is 5.02 Å². The summed E-state index contributed by atoms with van der Waals surface area (Å²) in [5, 5.41) is 0.209. The summed E-state index contributed by atoms with van der Waals surface area (Å²) >= 11 is 6.00. The van der Waals surface area contributed by atoms with E-state index in [2.05, 4.69) is 19.7 Å². The van der Waals surface area contributed by atoms with Crippen LogP contribution < -0.4 is 19.3 Å². The summed E-state index contributed by atoms with van der Waals surface area (Å²) in [5.41, 5.74) is 0. The van der Waals surface area contributed by atoms with Crippen molar-refractivity contribution < 1.29 is 13.2 Å². The fourth-order valence-electron chi connectivity index (χ4n) is 1.93. The summed E-state index contributed by atoms with van der Waals surface area (Å²) in [6, 6.07) is 4.23. The number of methoxy groups -OCH3 is 1. The summed E-state index contributed by atoms with van der Waals surface area (Å²) in [6.45, 7) is -0.0871. The Morgan fingerprint density at radius 3 is 2.12 bits per heavy atom. The molecule has 1 aromatic heterocycles. The number of benzene rings is 1. The summed E-state index contributed by atoms with van der Waals surface area (Å²) < 4.78 is 32.5. The Morgan fingerprint density at radius 2 is 1.65 bits per heavy atom. The van der Waals surface area contributed by atoms with Gasteiger partial charge in [0.1, 0.15) is 5.75 Å². The lowest BCUT2D eigenvalue weighted by atomic mass is 10.3. The molecule has 0 bridgehead atoms. The van der Waals surface area contributed by atoms with Gasteiger partial charge in [-0.2, -0.15) is 15.0 Å². The maximum Gasteiger partial charge on any atom is 0.241 e. The number of anilines is 2. The van der Waals surface area contributed by atoms with Crippen LogP contribution in [-0.2, 0) is 16.6 Å². The fraction of sp³-hybridized carbons (Fsp3) is 0.400. The first-order valence-electron chi connectivity index (χ1n) is 7.57. The molecule has 0 aliphatic heterocycles. The summed E-state index contributed by atoms with van der Waals surface area (Å²) in [6.07, 6.45) is 0. The van der Waals surface area contributed by atoms with E-state index in [1.807, 2.05) is 0 Å². The summed E-state index contributed by atoms with van der Waals surface area (Å²) in [7, 11) is 4.84. The van der Waals surface area contributed by atoms with Gasteiger partial charge in [0, 0.05) is 28.2 Å². The van der Waals surface area contributed by atoms with Crippen LogP contribution in [0.5, 0.6) is 5.75 Å². The largest absolute Gasteiger partial charge is 0.495 e. The second-order valence-electron chi connectivity index (χ2n) is 5.76. The van der Waals surface area contributed by atoms with Crippen LogP contribution in [0.25, 0.3) is 0 Å². The van der Waals surface area contributed by atoms with Crippen molar-refractivity contribution in [2.75, 3.05) is 45.1 Å². The monoisotopic (exact) mass is 400 g/mol. The Labute approximate surface area is 158 Å². The van der Waals surface area contributed by atoms with Gasteiger partial charge in [0.15, 0.2) is 5.82 Å². The van der Waals surface area contributed by atoms with Gasteiger partial charge < -0.3 is 14.5 Å². The highest BCUT2D eigenvalue weighted by atomic mass is 35.5. The number of hydrogen-bond donors (Lipinski definition) is 1. The van der Waals surface area contributed by atoms with Crippen LogP contribution in [0.1, 0.15) is 5.82 Å². The molecule has 26 heavy (non-hydrogen) atoms. The number of nitrogens with zero attached hydrogens (tertiary/aromatic N) is 5. The molecule has 1 N–H and O–H groups in total. The van der Waals surface area contributed by atoms with Crippen LogP contribution in [0.4, 0.5) is 11.9 Å². The zero-order valence-electron chi connectivity index (χ0n) is 15.2. The Kier molecular flexibility index (Phi) is 6.21. The molecule has 11 heteroatoms. The van der Waals surface area contributed by atoms with Crippen LogP contribution in [0, 0.1) is 0 Å². The Morgan fingerprint density at radius 1 is 1.08 bits per heavy atom. The second-order valence-corrected chi connectivity index (χ2v) is 7.94. The lowest BCUT2D eigenvalue weighted by Gasteiger charge is -2.16. The predicted molar refractivity (Wildman–Crippen MR) is 101 cm³/mol. The third-order valence-electron chi connectivity index (χ3n) is 3.31. The zero-order chi connectivity index (χ0) is 19.5. The quantitative estimate of drug-likeness (QED) is 0.738. The average Bonchev–Trinajstić information content (AvgIpc) is 2.59. The van der Waals surface area contributed by atoms with Gasteiger partial charge in [-0.05, 0) is 18.2 Å². The second kappa shape index (κ2) is 8.02. The standard InChI is InChI=1S/C15H21ClN6O3S/c1-21(2)14-18-13(19-15(20-14)22(3)4)9-17-26(23,24)10-6-7-12(25-5)11(16)8-10/h6-8,17H,9H2,1-5H3. The van der Waals surface area contributed by atoms with Gasteiger partial charge in [-0.15, -0.1) is 0 Å². The van der Waals surface area contributed by atoms with Crippen molar-refractivity contribution in [3.8, 4) is 5.75 Å². The van der Waals surface area contributed by atoms with Crippen molar-refractivity contribution in [3.63, 3.8) is 0 Å². The molecular weight excluding hydrogens is 380 g/mol. The first-order valence-corrected chi connectivity index (χ1v) is 9.43. The van der Waals surface area contributed by atoms with Gasteiger partial charge in [0.05, 0.1) is 23.6 Å². The molecule has 142 valence electrons. The summed E-state index contributed by atoms with van der Waals surface area (Å²) in [4.78, 5) is 16.3. The minimum absolute atomic E-state index is 0.0259. The smallest absolute Gasteiger partial charge is 0.241 e. The van der Waals surface area contributed by atoms with Crippen LogP contribution in [0.15, 0.2) is 23.1 Å². The van der Waals surface area contributed by atoms with E-state index in [-0.39, 0.29) is 16.5 Å². The number of aromatic nitrogens is 3. The van der Waals surface area contributed by atoms with Gasteiger partial charge >= 0.3 is 0 Å². The molecule has 1 heterocycles. The van der Waals surface area contributed by atoms with Crippen molar-refractivity contribution >= 4 is 33.5 Å². The van der Waals surface area contributed by atoms with Gasteiger partial charge in [0.2, 0.25) is 21.9 Å². The van der Waals surface area contributed by atoms with E-state index < -0.39 is 10.0 Å². The van der Waals surface area contributed by atoms with Crippen LogP contribution in [-0.4, -0.2) is 58.7 Å². The first-order chi connectivity index (χ1) is 12.1. The minimum atomic E-state index is -3.79. The fourth-order valence-corrected chi connectivity index (χ4v) is 3.26. The third kappa shape index (κ3) is 4.71. The molecule has 0 amide bonds. The summed E-state index contributed by atoms with van der Waals surface area (Å²) in [5.74, 6) is 1.57. The van der Waals surface area contributed by atoms with Crippen LogP contribution >= 0.6 is 11.6 Å². The highest BCUT2D eigenvalue weighted by molar-refractivity contribution is 7.89. The van der Waals surface area contributed by atoms with Crippen LogP contribution in [0.3, 0.4) is 0 Å². The topological polar surface area (TPSA) is 101 Å². The number of halogens is 1. The average molecular weight is 401 g/mol. The lowest BCUT2D eigenvalue weighted by molar-refractivity contribution is 0.414. The molecule has 0 unspecified atom stereocenters. The SMILES string of the molecule is COc1ccc(S(=O)(=O)NCc2nc(N(C)C)nc(N(C)C)n2)cc1Cl. The number of sulfonamides is 1. The molecule has 0 radical (unpaired) electrons. The molecule has 2 rings (SSSR count). The number of ether oxygens (including phenoxy) is 1. The molecule has 9 nitrogen and oxygen atoms in total. The van der Waals surface area contributed by atoms with Gasteiger partial charge in [-0.3, -0.25) is 0 Å². The maximum atomic E-state index is 12.5. The Balaban J connectivity index is 2.25. The molecule has 0 saturated heterocycles. The number of nitrogens with one attached hydrogen (secondary N) is 1. The highest BCUT2D eigenvalue weighted by Gasteiger charge is 2.18. The molecule has 0 fully saturated rings. The highest BCUT2D eigenvalue weighted by Crippen LogP contribution is 2.26. The molecule has 0 atom stereocenters. The van der Waals surface area contributed by atoms with Gasteiger partial charge in [0.25, 0.3) is 0 Å². The van der Waals surface area contributed by atoms with Crippen molar-refractivity contribution in [1.82, 2.24) is 19.7 Å². The van der Waals surface area contributed by atoms with Crippen molar-refractivity contribution in [1.29, 1.82) is 0 Å². The molecule has 0 aliphatic rings.